The summed E-state index contributed by atoms with van der Waals surface area (Å²) in [5.41, 5.74) is 3.18. The molecule has 0 spiro atoms. The molecule has 0 unspecified atom stereocenters. The van der Waals surface area contributed by atoms with E-state index >= 15 is 0 Å². The number of hydrogen-bond acceptors (Lipinski definition) is 5. The summed E-state index contributed by atoms with van der Waals surface area (Å²) in [6.45, 7) is 8.84. The highest BCUT2D eigenvalue weighted by Gasteiger charge is 2.32. The molecule has 31 heavy (non-hydrogen) atoms. The Morgan fingerprint density at radius 1 is 1.29 bits per heavy atom. The number of carboxylic acid groups (broad SMARTS) is 1. The Morgan fingerprint density at radius 2 is 1.94 bits per heavy atom. The number of ether oxygens (including phenoxy) is 1. The van der Waals surface area contributed by atoms with Crippen molar-refractivity contribution in [3.8, 4) is 0 Å². The highest BCUT2D eigenvalue weighted by atomic mass is 16.5. The molecule has 8 nitrogen and oxygen atoms in total. The highest BCUT2D eigenvalue weighted by molar-refractivity contribution is 5.76. The molecule has 0 aliphatic carbocycles. The van der Waals surface area contributed by atoms with E-state index in [1.165, 1.54) is 0 Å². The SMILES string of the molecule is Cc1nc(=O)[nH]c(C)c1CCC(=O)N1C[C@@H](c2ccccc2)O[C@@H](C(C)C)C1.O=CO. The van der Waals surface area contributed by atoms with Gasteiger partial charge in [-0.05, 0) is 37.3 Å². The van der Waals surface area contributed by atoms with Crippen molar-refractivity contribution >= 4 is 12.4 Å². The molecule has 0 saturated carbocycles. The Bertz CT molecular complexity index is 900. The second kappa shape index (κ2) is 11.4. The fourth-order valence-corrected chi connectivity index (χ4v) is 3.73. The van der Waals surface area contributed by atoms with E-state index in [1.807, 2.05) is 36.9 Å². The molecule has 2 N–H and O–H groups in total. The number of nitrogens with one attached hydrogen (secondary N) is 1. The summed E-state index contributed by atoms with van der Waals surface area (Å²) in [6.07, 6.45) is 0.868. The standard InChI is InChI=1S/C22H29N3O3.CH2O2/c1-14(2)19-12-25(13-20(28-19)17-8-6-5-7-9-17)21(26)11-10-18-15(3)23-22(27)24-16(18)4;2-1-3/h5-9,14,19-20H,10-13H2,1-4H3,(H,23,24,27);1H,(H,2,3)/t19-,20+;/m1./s1. The van der Waals surface area contributed by atoms with E-state index in [1.54, 1.807) is 0 Å². The van der Waals surface area contributed by atoms with Crippen LogP contribution in [0.3, 0.4) is 0 Å². The molecule has 2 aromatic rings. The first-order valence-electron chi connectivity index (χ1n) is 10.4. The van der Waals surface area contributed by atoms with Crippen LogP contribution in [0.2, 0.25) is 0 Å². The van der Waals surface area contributed by atoms with Gasteiger partial charge in [0.05, 0.1) is 12.6 Å². The quantitative estimate of drug-likeness (QED) is 0.707. The summed E-state index contributed by atoms with van der Waals surface area (Å²) < 4.78 is 6.28. The Morgan fingerprint density at radius 3 is 2.52 bits per heavy atom. The number of nitrogens with zero attached hydrogens (tertiary/aromatic N) is 2. The Hall–Kier alpha value is -3.00. The summed E-state index contributed by atoms with van der Waals surface area (Å²) in [5.74, 6) is 0.439. The van der Waals surface area contributed by atoms with Crippen molar-refractivity contribution in [2.45, 2.75) is 52.7 Å². The number of morpholine rings is 1. The number of carbonyl (C=O) groups is 2. The molecule has 1 saturated heterocycles. The third kappa shape index (κ3) is 6.75. The van der Waals surface area contributed by atoms with Gasteiger partial charge in [0.1, 0.15) is 6.10 Å². The van der Waals surface area contributed by atoms with Gasteiger partial charge in [-0.1, -0.05) is 44.2 Å². The smallest absolute Gasteiger partial charge is 0.345 e. The van der Waals surface area contributed by atoms with Crippen LogP contribution in [0.25, 0.3) is 0 Å². The van der Waals surface area contributed by atoms with Gasteiger partial charge in [-0.2, -0.15) is 4.98 Å². The van der Waals surface area contributed by atoms with Gasteiger partial charge < -0.3 is 19.7 Å². The Kier molecular flexibility index (Phi) is 8.93. The van der Waals surface area contributed by atoms with Crippen LogP contribution in [0, 0.1) is 19.8 Å². The van der Waals surface area contributed by atoms with E-state index in [9.17, 15) is 9.59 Å². The van der Waals surface area contributed by atoms with Gasteiger partial charge in [-0.15, -0.1) is 0 Å². The molecule has 8 heteroatoms. The molecule has 1 aliphatic heterocycles. The molecule has 1 fully saturated rings. The van der Waals surface area contributed by atoms with Gasteiger partial charge in [-0.3, -0.25) is 9.59 Å². The summed E-state index contributed by atoms with van der Waals surface area (Å²) in [4.78, 5) is 41.4. The van der Waals surface area contributed by atoms with Crippen molar-refractivity contribution in [2.75, 3.05) is 13.1 Å². The normalized spacial score (nSPS) is 18.3. The lowest BCUT2D eigenvalue weighted by Gasteiger charge is -2.40. The van der Waals surface area contributed by atoms with Gasteiger partial charge >= 0.3 is 5.69 Å². The number of hydrogen-bond donors (Lipinski definition) is 2. The predicted octanol–water partition coefficient (Wildman–Crippen LogP) is 2.64. The fraction of sp³-hybridized carbons (Fsp3) is 0.478. The molecule has 168 valence electrons. The van der Waals surface area contributed by atoms with Crippen molar-refractivity contribution in [3.63, 3.8) is 0 Å². The lowest BCUT2D eigenvalue weighted by Crippen LogP contribution is -2.48. The van der Waals surface area contributed by atoms with Gasteiger partial charge in [0.15, 0.2) is 0 Å². The second-order valence-corrected chi connectivity index (χ2v) is 7.95. The van der Waals surface area contributed by atoms with Crippen LogP contribution < -0.4 is 5.69 Å². The molecule has 1 aromatic carbocycles. The van der Waals surface area contributed by atoms with Gasteiger partial charge in [0.2, 0.25) is 5.91 Å². The van der Waals surface area contributed by atoms with Crippen molar-refractivity contribution in [1.82, 2.24) is 14.9 Å². The number of rotatable bonds is 5. The summed E-state index contributed by atoms with van der Waals surface area (Å²) in [5, 5.41) is 6.89. The van der Waals surface area contributed by atoms with Crippen molar-refractivity contribution in [3.05, 3.63) is 63.3 Å². The van der Waals surface area contributed by atoms with Crippen LogP contribution in [0.15, 0.2) is 35.1 Å². The van der Waals surface area contributed by atoms with Crippen LogP contribution in [-0.2, 0) is 20.7 Å². The predicted molar refractivity (Wildman–Crippen MR) is 117 cm³/mol. The third-order valence-electron chi connectivity index (χ3n) is 5.44. The average molecular weight is 430 g/mol. The zero-order valence-electron chi connectivity index (χ0n) is 18.5. The van der Waals surface area contributed by atoms with E-state index < -0.39 is 0 Å². The molecule has 1 aliphatic rings. The maximum absolute atomic E-state index is 13.0. The summed E-state index contributed by atoms with van der Waals surface area (Å²) >= 11 is 0. The Balaban J connectivity index is 0.00000107. The summed E-state index contributed by atoms with van der Waals surface area (Å²) in [7, 11) is 0. The molecule has 1 aromatic heterocycles. The van der Waals surface area contributed by atoms with Gasteiger partial charge in [0, 0.05) is 24.4 Å². The lowest BCUT2D eigenvalue weighted by atomic mass is 10.00. The number of aromatic nitrogens is 2. The van der Waals surface area contributed by atoms with Crippen molar-refractivity contribution < 1.29 is 19.4 Å². The van der Waals surface area contributed by atoms with E-state index in [0.29, 0.717) is 37.5 Å². The number of aromatic amines is 1. The molecule has 2 atom stereocenters. The topological polar surface area (TPSA) is 113 Å². The van der Waals surface area contributed by atoms with Crippen molar-refractivity contribution in [1.29, 1.82) is 0 Å². The van der Waals surface area contributed by atoms with E-state index in [0.717, 1.165) is 16.8 Å². The van der Waals surface area contributed by atoms with Crippen LogP contribution >= 0.6 is 0 Å². The van der Waals surface area contributed by atoms with E-state index in [-0.39, 0.29) is 30.3 Å². The number of aryl methyl sites for hydroxylation is 2. The maximum Gasteiger partial charge on any atom is 0.345 e. The van der Waals surface area contributed by atoms with Crippen LogP contribution in [0.1, 0.15) is 48.9 Å². The van der Waals surface area contributed by atoms with E-state index in [2.05, 4.69) is 35.9 Å². The number of H-pyrrole nitrogens is 1. The molecular formula is C23H31N3O5. The monoisotopic (exact) mass is 429 g/mol. The second-order valence-electron chi connectivity index (χ2n) is 7.95. The minimum Gasteiger partial charge on any atom is -0.483 e. The minimum atomic E-state index is -0.344. The van der Waals surface area contributed by atoms with Crippen molar-refractivity contribution in [2.24, 2.45) is 5.92 Å². The highest BCUT2D eigenvalue weighted by Crippen LogP contribution is 2.28. The first kappa shape index (κ1) is 24.3. The molecule has 0 bridgehead atoms. The van der Waals surface area contributed by atoms with Crippen LogP contribution in [0.4, 0.5) is 0 Å². The summed E-state index contributed by atoms with van der Waals surface area (Å²) in [6, 6.07) is 10.1. The lowest BCUT2D eigenvalue weighted by molar-refractivity contribution is -0.150. The Labute approximate surface area is 182 Å². The molecule has 3 rings (SSSR count). The molecule has 0 radical (unpaired) electrons. The molecular weight excluding hydrogens is 398 g/mol. The maximum atomic E-state index is 13.0. The number of carbonyl (C=O) groups excluding carboxylic acids is 1. The average Bonchev–Trinajstić information content (AvgIpc) is 2.73. The fourth-order valence-electron chi connectivity index (χ4n) is 3.73. The first-order valence-corrected chi connectivity index (χ1v) is 10.4. The largest absolute Gasteiger partial charge is 0.483 e. The third-order valence-corrected chi connectivity index (χ3v) is 5.44. The van der Waals surface area contributed by atoms with Crippen LogP contribution in [-0.4, -0.2) is 51.5 Å². The molecule has 1 amide bonds. The van der Waals surface area contributed by atoms with E-state index in [4.69, 9.17) is 14.6 Å². The first-order chi connectivity index (χ1) is 14.8. The molecule has 2 heterocycles. The minimum absolute atomic E-state index is 0.0149. The number of benzene rings is 1. The zero-order valence-corrected chi connectivity index (χ0v) is 18.5. The van der Waals surface area contributed by atoms with Crippen LogP contribution in [0.5, 0.6) is 0 Å². The van der Waals surface area contributed by atoms with Gasteiger partial charge in [-0.25, -0.2) is 4.79 Å². The zero-order chi connectivity index (χ0) is 23.0. The number of amides is 1. The van der Waals surface area contributed by atoms with Gasteiger partial charge in [0.25, 0.3) is 6.47 Å².